The predicted octanol–water partition coefficient (Wildman–Crippen LogP) is -6.44. The van der Waals surface area contributed by atoms with Gasteiger partial charge in [0.25, 0.3) is 0 Å². The van der Waals surface area contributed by atoms with Crippen LogP contribution in [0.1, 0.15) is 12.8 Å². The molecule has 0 aliphatic rings. The van der Waals surface area contributed by atoms with Crippen LogP contribution in [-0.2, 0) is 55.5 Å². The van der Waals surface area contributed by atoms with Crippen molar-refractivity contribution in [2.45, 2.75) is 18.4 Å². The molecule has 116 valence electrons. The van der Waals surface area contributed by atoms with Gasteiger partial charge >= 0.3 is 47.5 Å². The van der Waals surface area contributed by atoms with Crippen molar-refractivity contribution in [2.75, 3.05) is 0 Å². The topological polar surface area (TPSA) is 216 Å². The van der Waals surface area contributed by atoms with Gasteiger partial charge in [-0.15, -0.1) is 0 Å². The summed E-state index contributed by atoms with van der Waals surface area (Å²) in [4.78, 5) is 54.8. The van der Waals surface area contributed by atoms with Crippen LogP contribution < -0.4 is 39.3 Å². The molecule has 0 aliphatic heterocycles. The zero-order valence-electron chi connectivity index (χ0n) is 10.6. The van der Waals surface area contributed by atoms with Crippen LogP contribution in [0.4, 0.5) is 0 Å². The fourth-order valence-corrected chi connectivity index (χ4v) is 0.714. The molecule has 0 saturated carbocycles. The van der Waals surface area contributed by atoms with Crippen LogP contribution >= 0.6 is 7.82 Å². The van der Waals surface area contributed by atoms with Gasteiger partial charge in [0.15, 0.2) is 5.60 Å². The van der Waals surface area contributed by atoms with Crippen LogP contribution in [0.2, 0.25) is 0 Å². The van der Waals surface area contributed by atoms with Crippen LogP contribution in [0.5, 0.6) is 0 Å². The van der Waals surface area contributed by atoms with Crippen molar-refractivity contribution in [2.24, 2.45) is 0 Å². The SMILES string of the molecule is O=C(O)CC(O)(CC(=O)O)C(=O)O.O=P([O-])([O-])O.[Fe].[Na+].[Zn]. The van der Waals surface area contributed by atoms with E-state index in [9.17, 15) is 14.4 Å². The first-order valence-corrected chi connectivity index (χ1v) is 5.41. The Balaban J connectivity index is -0.0000000933. The molecule has 0 fully saturated rings. The summed E-state index contributed by atoms with van der Waals surface area (Å²) in [5.41, 5.74) is -2.74. The molecule has 0 heterocycles. The van der Waals surface area contributed by atoms with Crippen LogP contribution in [-0.4, -0.2) is 48.8 Å². The second-order valence-electron chi connectivity index (χ2n) is 2.95. The maximum atomic E-state index is 10.3. The minimum absolute atomic E-state index is 0. The van der Waals surface area contributed by atoms with E-state index >= 15 is 0 Å². The number of carbonyl (C=O) groups is 3. The van der Waals surface area contributed by atoms with Crippen LogP contribution in [0.15, 0.2) is 0 Å². The van der Waals surface area contributed by atoms with Crippen molar-refractivity contribution in [1.29, 1.82) is 0 Å². The van der Waals surface area contributed by atoms with E-state index in [-0.39, 0.29) is 66.1 Å². The minimum atomic E-state index is -5.14. The molecule has 11 nitrogen and oxygen atoms in total. The fraction of sp³-hybridized carbons (Fsp3) is 0.500. The summed E-state index contributed by atoms with van der Waals surface area (Å²) in [5.74, 6) is -5.02. The number of aliphatic carboxylic acids is 3. The third kappa shape index (κ3) is 25.9. The van der Waals surface area contributed by atoms with Crippen molar-refractivity contribution in [3.8, 4) is 0 Å². The summed E-state index contributed by atoms with van der Waals surface area (Å²) < 4.78 is 8.66. The summed E-state index contributed by atoms with van der Waals surface area (Å²) in [6.45, 7) is 0. The van der Waals surface area contributed by atoms with E-state index in [0.717, 1.165) is 0 Å². The molecule has 0 unspecified atom stereocenters. The molecule has 0 atom stereocenters. The Kier molecular flexibility index (Phi) is 22.6. The third-order valence-electron chi connectivity index (χ3n) is 1.29. The number of phosphoric acid groups is 1. The summed E-state index contributed by atoms with van der Waals surface area (Å²) >= 11 is 0. The van der Waals surface area contributed by atoms with E-state index in [4.69, 9.17) is 39.7 Å². The maximum Gasteiger partial charge on any atom is 1.00 e. The molecule has 0 rings (SSSR count). The molecule has 0 aromatic rings. The van der Waals surface area contributed by atoms with Gasteiger partial charge in [-0.05, 0) is 0 Å². The third-order valence-corrected chi connectivity index (χ3v) is 1.29. The number of rotatable bonds is 5. The quantitative estimate of drug-likeness (QED) is 0.203. The monoisotopic (exact) mass is 431 g/mol. The fourth-order valence-electron chi connectivity index (χ4n) is 0.714. The van der Waals surface area contributed by atoms with Crippen LogP contribution in [0, 0.1) is 0 Å². The van der Waals surface area contributed by atoms with E-state index in [1.807, 2.05) is 0 Å². The summed E-state index contributed by atoms with van der Waals surface area (Å²) in [6, 6.07) is 0. The van der Waals surface area contributed by atoms with Gasteiger partial charge in [-0.25, -0.2) is 4.79 Å². The molecule has 0 aliphatic carbocycles. The molecular weight excluding hydrogens is 423 g/mol. The van der Waals surface area contributed by atoms with Gasteiger partial charge in [-0.3, -0.25) is 9.59 Å². The Labute approximate surface area is 163 Å². The van der Waals surface area contributed by atoms with Crippen LogP contribution in [0.25, 0.3) is 0 Å². The Hall–Kier alpha value is 0.623. The molecule has 0 saturated heterocycles. The molecule has 15 heteroatoms. The normalized spacial score (nSPS) is 9.52. The summed E-state index contributed by atoms with van der Waals surface area (Å²) in [7, 11) is -5.14. The largest absolute Gasteiger partial charge is 1.00 e. The van der Waals surface area contributed by atoms with Gasteiger partial charge in [-0.1, -0.05) is 0 Å². The number of carboxylic acid groups (broad SMARTS) is 3. The Morgan fingerprint density at radius 2 is 1.19 bits per heavy atom. The predicted molar refractivity (Wildman–Crippen MR) is 46.9 cm³/mol. The van der Waals surface area contributed by atoms with Gasteiger partial charge in [0.05, 0.1) is 20.7 Å². The second-order valence-corrected chi connectivity index (χ2v) is 3.88. The molecule has 0 radical (unpaired) electrons. The van der Waals surface area contributed by atoms with Crippen molar-refractivity contribution < 1.29 is 120 Å². The first kappa shape index (κ1) is 33.3. The van der Waals surface area contributed by atoms with Gasteiger partial charge in [0, 0.05) is 36.5 Å². The number of hydrogen-bond acceptors (Lipinski definition) is 7. The zero-order valence-corrected chi connectivity index (χ0v) is 17.6. The van der Waals surface area contributed by atoms with E-state index < -0.39 is 44.2 Å². The van der Waals surface area contributed by atoms with Crippen molar-refractivity contribution >= 4 is 25.7 Å². The molecule has 0 amide bonds. The minimum Gasteiger partial charge on any atom is -0.790 e. The Morgan fingerprint density at radius 3 is 1.29 bits per heavy atom. The molecule has 0 spiro atoms. The van der Waals surface area contributed by atoms with Crippen molar-refractivity contribution in [3.63, 3.8) is 0 Å². The Bertz CT molecular complexity index is 361. The van der Waals surface area contributed by atoms with Gasteiger partial charge < -0.3 is 39.7 Å². The summed E-state index contributed by atoms with van der Waals surface area (Å²) in [6.07, 6.45) is -2.29. The molecule has 21 heavy (non-hydrogen) atoms. The molecular formula is C6H9FeNaO11PZn-. The maximum absolute atomic E-state index is 10.3. The van der Waals surface area contributed by atoms with E-state index in [1.165, 1.54) is 0 Å². The standard InChI is InChI=1S/C6H8O7.Fe.Na.H3O4P.Zn/c7-3(8)1-6(13,5(11)12)2-4(9)10;;;1-5(2,3)4;/h13H,1-2H2,(H,7,8)(H,9,10)(H,11,12);;;(H3,1,2,3,4);/q;;+1;;/p-2. The van der Waals surface area contributed by atoms with Gasteiger partial charge in [0.1, 0.15) is 0 Å². The number of hydrogen-bond donors (Lipinski definition) is 5. The number of aliphatic hydroxyl groups is 1. The first-order valence-electron chi connectivity index (χ1n) is 3.92. The number of carboxylic acids is 3. The van der Waals surface area contributed by atoms with Crippen molar-refractivity contribution in [3.05, 3.63) is 0 Å². The summed E-state index contributed by atoms with van der Waals surface area (Å²) in [5, 5.41) is 33.8. The average Bonchev–Trinajstić information content (AvgIpc) is 1.95. The first-order chi connectivity index (χ1) is 7.78. The average molecular weight is 432 g/mol. The van der Waals surface area contributed by atoms with Crippen molar-refractivity contribution in [1.82, 2.24) is 0 Å². The molecule has 0 aromatic carbocycles. The van der Waals surface area contributed by atoms with Gasteiger partial charge in [-0.2, -0.15) is 0 Å². The Morgan fingerprint density at radius 1 is 1.00 bits per heavy atom. The van der Waals surface area contributed by atoms with E-state index in [0.29, 0.717) is 0 Å². The van der Waals surface area contributed by atoms with E-state index in [2.05, 4.69) is 0 Å². The van der Waals surface area contributed by atoms with Gasteiger partial charge in [0.2, 0.25) is 0 Å². The smallest absolute Gasteiger partial charge is 0.790 e. The molecule has 0 aromatic heterocycles. The zero-order chi connectivity index (χ0) is 15.1. The molecule has 5 N–H and O–H groups in total. The van der Waals surface area contributed by atoms with E-state index in [1.54, 1.807) is 0 Å². The second kappa shape index (κ2) is 14.2. The van der Waals surface area contributed by atoms with Crippen LogP contribution in [0.3, 0.4) is 0 Å². The molecule has 0 bridgehead atoms.